The van der Waals surface area contributed by atoms with Crippen LogP contribution in [0.2, 0.25) is 0 Å². The maximum absolute atomic E-state index is 10.7. The molecule has 108 valence electrons. The molecule has 5 heteroatoms. The third kappa shape index (κ3) is 3.65. The minimum Gasteiger partial charge on any atom is -0.314 e. The number of allylic oxidation sites excluding steroid dienone is 1. The highest BCUT2D eigenvalue weighted by molar-refractivity contribution is 5.34. The summed E-state index contributed by atoms with van der Waals surface area (Å²) in [5, 5.41) is 14.1. The average molecular weight is 275 g/mol. The largest absolute Gasteiger partial charge is 0.314 e. The topological polar surface area (TPSA) is 58.4 Å². The van der Waals surface area contributed by atoms with Gasteiger partial charge >= 0.3 is 0 Å². The molecule has 0 unspecified atom stereocenters. The maximum atomic E-state index is 10.7. The molecule has 0 aliphatic carbocycles. The van der Waals surface area contributed by atoms with E-state index in [-0.39, 0.29) is 10.6 Å². The van der Waals surface area contributed by atoms with Crippen LogP contribution in [-0.4, -0.2) is 36.0 Å². The van der Waals surface area contributed by atoms with Crippen molar-refractivity contribution in [2.75, 3.05) is 26.2 Å². The number of nitro groups is 1. The highest BCUT2D eigenvalue weighted by Gasteiger charge is 2.21. The van der Waals surface area contributed by atoms with E-state index in [1.807, 2.05) is 18.2 Å². The SMILES string of the molecule is C=CCC[C@@H](c1ccc([N+](=O)[O-])cc1)N1CCNCC1. The van der Waals surface area contributed by atoms with E-state index in [0.717, 1.165) is 44.6 Å². The van der Waals surface area contributed by atoms with Gasteiger partial charge in [0.2, 0.25) is 0 Å². The highest BCUT2D eigenvalue weighted by atomic mass is 16.6. The fourth-order valence-electron chi connectivity index (χ4n) is 2.65. The van der Waals surface area contributed by atoms with Gasteiger partial charge in [-0.25, -0.2) is 0 Å². The van der Waals surface area contributed by atoms with Gasteiger partial charge in [0.1, 0.15) is 0 Å². The monoisotopic (exact) mass is 275 g/mol. The molecule has 0 bridgehead atoms. The van der Waals surface area contributed by atoms with Crippen LogP contribution >= 0.6 is 0 Å². The second-order valence-corrected chi connectivity index (χ2v) is 5.02. The molecule has 1 aromatic rings. The van der Waals surface area contributed by atoms with Crippen LogP contribution in [0, 0.1) is 10.1 Å². The zero-order valence-electron chi connectivity index (χ0n) is 11.6. The van der Waals surface area contributed by atoms with Crippen LogP contribution in [0.3, 0.4) is 0 Å². The van der Waals surface area contributed by atoms with Crippen molar-refractivity contribution in [3.8, 4) is 0 Å². The van der Waals surface area contributed by atoms with E-state index < -0.39 is 0 Å². The lowest BCUT2D eigenvalue weighted by molar-refractivity contribution is -0.384. The molecule has 1 N–H and O–H groups in total. The third-order valence-electron chi connectivity index (χ3n) is 3.73. The van der Waals surface area contributed by atoms with Crippen LogP contribution in [0.1, 0.15) is 24.4 Å². The number of nitro benzene ring substituents is 1. The van der Waals surface area contributed by atoms with Crippen molar-refractivity contribution >= 4 is 5.69 Å². The van der Waals surface area contributed by atoms with Crippen LogP contribution in [-0.2, 0) is 0 Å². The molecule has 2 rings (SSSR count). The second-order valence-electron chi connectivity index (χ2n) is 5.02. The summed E-state index contributed by atoms with van der Waals surface area (Å²) in [7, 11) is 0. The second kappa shape index (κ2) is 7.17. The molecule has 1 heterocycles. The van der Waals surface area contributed by atoms with Crippen LogP contribution in [0.15, 0.2) is 36.9 Å². The van der Waals surface area contributed by atoms with Gasteiger partial charge in [-0.05, 0) is 18.4 Å². The Morgan fingerprint density at radius 2 is 2.00 bits per heavy atom. The van der Waals surface area contributed by atoms with E-state index in [1.54, 1.807) is 12.1 Å². The van der Waals surface area contributed by atoms with Gasteiger partial charge < -0.3 is 5.32 Å². The summed E-state index contributed by atoms with van der Waals surface area (Å²) < 4.78 is 0. The standard InChI is InChI=1S/C15H21N3O2/c1-2-3-4-15(17-11-9-16-10-12-17)13-5-7-14(8-6-13)18(19)20/h2,5-8,15-16H,1,3-4,9-12H2/t15-/m0/s1. The van der Waals surface area contributed by atoms with Gasteiger partial charge in [0.05, 0.1) is 4.92 Å². The van der Waals surface area contributed by atoms with Crippen molar-refractivity contribution in [3.05, 3.63) is 52.6 Å². The molecular weight excluding hydrogens is 254 g/mol. The molecule has 0 amide bonds. The van der Waals surface area contributed by atoms with Crippen molar-refractivity contribution in [2.24, 2.45) is 0 Å². The molecule has 1 aromatic carbocycles. The third-order valence-corrected chi connectivity index (χ3v) is 3.73. The fourth-order valence-corrected chi connectivity index (χ4v) is 2.65. The summed E-state index contributed by atoms with van der Waals surface area (Å²) in [5.41, 5.74) is 1.30. The zero-order chi connectivity index (χ0) is 14.4. The summed E-state index contributed by atoms with van der Waals surface area (Å²) in [4.78, 5) is 12.8. The summed E-state index contributed by atoms with van der Waals surface area (Å²) in [6.07, 6.45) is 3.88. The Kier molecular flexibility index (Phi) is 5.26. The first-order chi connectivity index (χ1) is 9.72. The number of nitrogens with zero attached hydrogens (tertiary/aromatic N) is 2. The molecule has 1 aliphatic rings. The van der Waals surface area contributed by atoms with E-state index in [0.29, 0.717) is 6.04 Å². The van der Waals surface area contributed by atoms with Crippen LogP contribution in [0.4, 0.5) is 5.69 Å². The Balaban J connectivity index is 2.15. The number of hydrogen-bond acceptors (Lipinski definition) is 4. The highest BCUT2D eigenvalue weighted by Crippen LogP contribution is 2.27. The number of piperazine rings is 1. The lowest BCUT2D eigenvalue weighted by Gasteiger charge is -2.35. The first kappa shape index (κ1) is 14.7. The van der Waals surface area contributed by atoms with Gasteiger partial charge in [0, 0.05) is 44.4 Å². The van der Waals surface area contributed by atoms with Crippen molar-refractivity contribution < 1.29 is 4.92 Å². The number of non-ortho nitro benzene ring substituents is 1. The zero-order valence-corrected chi connectivity index (χ0v) is 11.6. The number of hydrogen-bond donors (Lipinski definition) is 1. The molecule has 1 aliphatic heterocycles. The Labute approximate surface area is 119 Å². The lowest BCUT2D eigenvalue weighted by Crippen LogP contribution is -2.45. The van der Waals surface area contributed by atoms with Gasteiger partial charge in [0.25, 0.3) is 5.69 Å². The smallest absolute Gasteiger partial charge is 0.269 e. The molecule has 1 fully saturated rings. The first-order valence-corrected chi connectivity index (χ1v) is 7.02. The lowest BCUT2D eigenvalue weighted by atomic mass is 9.99. The Morgan fingerprint density at radius 3 is 2.55 bits per heavy atom. The molecule has 0 spiro atoms. The van der Waals surface area contributed by atoms with E-state index in [2.05, 4.69) is 16.8 Å². The van der Waals surface area contributed by atoms with Crippen molar-refractivity contribution in [1.29, 1.82) is 0 Å². The Bertz CT molecular complexity index is 453. The molecular formula is C15H21N3O2. The quantitative estimate of drug-likeness (QED) is 0.492. The van der Waals surface area contributed by atoms with Gasteiger partial charge in [-0.15, -0.1) is 6.58 Å². The van der Waals surface area contributed by atoms with Gasteiger partial charge in [0.15, 0.2) is 0 Å². The number of benzene rings is 1. The summed E-state index contributed by atoms with van der Waals surface area (Å²) in [5.74, 6) is 0. The minimum atomic E-state index is -0.354. The normalized spacial score (nSPS) is 17.6. The van der Waals surface area contributed by atoms with Crippen molar-refractivity contribution in [3.63, 3.8) is 0 Å². The summed E-state index contributed by atoms with van der Waals surface area (Å²) >= 11 is 0. The van der Waals surface area contributed by atoms with Crippen LogP contribution in [0.5, 0.6) is 0 Å². The summed E-state index contributed by atoms with van der Waals surface area (Å²) in [6, 6.07) is 7.27. The molecule has 0 radical (unpaired) electrons. The first-order valence-electron chi connectivity index (χ1n) is 7.02. The minimum absolute atomic E-state index is 0.150. The van der Waals surface area contributed by atoms with E-state index in [1.165, 1.54) is 0 Å². The fraction of sp³-hybridized carbons (Fsp3) is 0.467. The predicted molar refractivity (Wildman–Crippen MR) is 79.7 cm³/mol. The number of nitrogens with one attached hydrogen (secondary N) is 1. The predicted octanol–water partition coefficient (Wildman–Crippen LogP) is 2.51. The summed E-state index contributed by atoms with van der Waals surface area (Å²) in [6.45, 7) is 7.81. The molecule has 0 aromatic heterocycles. The van der Waals surface area contributed by atoms with Crippen molar-refractivity contribution in [2.45, 2.75) is 18.9 Å². The molecule has 20 heavy (non-hydrogen) atoms. The van der Waals surface area contributed by atoms with Crippen LogP contribution < -0.4 is 5.32 Å². The van der Waals surface area contributed by atoms with E-state index in [9.17, 15) is 10.1 Å². The maximum Gasteiger partial charge on any atom is 0.269 e. The van der Waals surface area contributed by atoms with Gasteiger partial charge in [-0.1, -0.05) is 18.2 Å². The Morgan fingerprint density at radius 1 is 1.35 bits per heavy atom. The van der Waals surface area contributed by atoms with Gasteiger partial charge in [-0.2, -0.15) is 0 Å². The van der Waals surface area contributed by atoms with Crippen molar-refractivity contribution in [1.82, 2.24) is 10.2 Å². The van der Waals surface area contributed by atoms with Gasteiger partial charge in [-0.3, -0.25) is 15.0 Å². The van der Waals surface area contributed by atoms with E-state index >= 15 is 0 Å². The molecule has 0 saturated carbocycles. The van der Waals surface area contributed by atoms with Crippen LogP contribution in [0.25, 0.3) is 0 Å². The molecule has 1 atom stereocenters. The molecule has 5 nitrogen and oxygen atoms in total. The number of rotatable bonds is 6. The molecule has 1 saturated heterocycles. The van der Waals surface area contributed by atoms with E-state index in [4.69, 9.17) is 0 Å². The Hall–Kier alpha value is -1.72. The average Bonchev–Trinajstić information content (AvgIpc) is 2.49.